The molecule has 94 valence electrons. The van der Waals surface area contributed by atoms with Crippen LogP contribution in [0.2, 0.25) is 0 Å². The van der Waals surface area contributed by atoms with Gasteiger partial charge in [0.2, 0.25) is 0 Å². The molecular weight excluding hydrogens is 321 g/mol. The number of halogens is 2. The number of hydrogen-bond donors (Lipinski definition) is 1. The molecule has 1 N–H and O–H groups in total. The first kappa shape index (κ1) is 13.2. The van der Waals surface area contributed by atoms with Crippen LogP contribution in [0.4, 0.5) is 4.39 Å². The topological polar surface area (TPSA) is 50.2 Å². The number of aryl methyl sites for hydroxylation is 1. The van der Waals surface area contributed by atoms with Crippen molar-refractivity contribution < 1.29 is 14.3 Å². The third kappa shape index (κ3) is 2.94. The van der Waals surface area contributed by atoms with Crippen molar-refractivity contribution in [2.45, 2.75) is 12.8 Å². The minimum absolute atomic E-state index is 0.0129. The monoisotopic (exact) mass is 329 g/mol. The summed E-state index contributed by atoms with van der Waals surface area (Å²) >= 11 is 4.64. The highest BCUT2D eigenvalue weighted by atomic mass is 79.9. The lowest BCUT2D eigenvalue weighted by Crippen LogP contribution is -1.98. The fraction of sp³-hybridized carbons (Fsp3) is 0.167. The highest BCUT2D eigenvalue weighted by Crippen LogP contribution is 2.33. The second-order valence-corrected chi connectivity index (χ2v) is 5.93. The second-order valence-electron chi connectivity index (χ2n) is 3.61. The van der Waals surface area contributed by atoms with Crippen LogP contribution in [0.5, 0.6) is 0 Å². The number of carbonyl (C=O) groups is 1. The Morgan fingerprint density at radius 1 is 1.44 bits per heavy atom. The number of thiazole rings is 1. The molecule has 6 heteroatoms. The summed E-state index contributed by atoms with van der Waals surface area (Å²) in [6, 6.07) is 6.39. The molecule has 18 heavy (non-hydrogen) atoms. The smallest absolute Gasteiger partial charge is 0.303 e. The van der Waals surface area contributed by atoms with Crippen molar-refractivity contribution in [3.05, 3.63) is 39.6 Å². The first-order valence-electron chi connectivity index (χ1n) is 5.20. The Balaban J connectivity index is 2.29. The van der Waals surface area contributed by atoms with E-state index in [4.69, 9.17) is 5.11 Å². The van der Waals surface area contributed by atoms with Gasteiger partial charge in [0.1, 0.15) is 10.8 Å². The summed E-state index contributed by atoms with van der Waals surface area (Å²) in [7, 11) is 0. The van der Waals surface area contributed by atoms with Gasteiger partial charge in [-0.3, -0.25) is 4.79 Å². The van der Waals surface area contributed by atoms with Crippen LogP contribution in [-0.4, -0.2) is 16.1 Å². The molecule has 2 aromatic rings. The fourth-order valence-electron chi connectivity index (χ4n) is 1.46. The molecule has 0 radical (unpaired) electrons. The van der Waals surface area contributed by atoms with Crippen molar-refractivity contribution in [1.82, 2.24) is 4.98 Å². The fourth-order valence-corrected chi connectivity index (χ4v) is 3.08. The maximum atomic E-state index is 13.6. The molecule has 0 aliphatic carbocycles. The van der Waals surface area contributed by atoms with Gasteiger partial charge >= 0.3 is 5.97 Å². The molecular formula is C12H9BrFNO2S. The molecule has 1 aromatic heterocycles. The average molecular weight is 330 g/mol. The maximum Gasteiger partial charge on any atom is 0.303 e. The van der Waals surface area contributed by atoms with E-state index < -0.39 is 5.97 Å². The minimum atomic E-state index is -0.873. The van der Waals surface area contributed by atoms with Gasteiger partial charge in [-0.2, -0.15) is 0 Å². The number of carboxylic acids is 1. The molecule has 0 spiro atoms. The highest BCUT2D eigenvalue weighted by molar-refractivity contribution is 9.11. The van der Waals surface area contributed by atoms with Crippen LogP contribution in [0.15, 0.2) is 28.1 Å². The van der Waals surface area contributed by atoms with Gasteiger partial charge in [0.15, 0.2) is 0 Å². The first-order chi connectivity index (χ1) is 8.58. The zero-order chi connectivity index (χ0) is 13.1. The highest BCUT2D eigenvalue weighted by Gasteiger charge is 2.14. The van der Waals surface area contributed by atoms with Crippen LogP contribution in [0.3, 0.4) is 0 Å². The molecule has 0 fully saturated rings. The number of carboxylic acid groups (broad SMARTS) is 1. The van der Waals surface area contributed by atoms with Crippen LogP contribution in [0.1, 0.15) is 12.1 Å². The lowest BCUT2D eigenvalue weighted by atomic mass is 10.2. The molecule has 0 saturated carbocycles. The van der Waals surface area contributed by atoms with E-state index in [1.807, 2.05) is 0 Å². The number of rotatable bonds is 4. The van der Waals surface area contributed by atoms with Crippen molar-refractivity contribution in [3.8, 4) is 10.6 Å². The molecule has 0 unspecified atom stereocenters. The predicted octanol–water partition coefficient (Wildman–Crippen LogP) is 3.73. The van der Waals surface area contributed by atoms with Crippen molar-refractivity contribution in [3.63, 3.8) is 0 Å². The quantitative estimate of drug-likeness (QED) is 0.929. The molecule has 0 bridgehead atoms. The van der Waals surface area contributed by atoms with Gasteiger partial charge in [-0.05, 0) is 28.1 Å². The lowest BCUT2D eigenvalue weighted by molar-refractivity contribution is -0.136. The summed E-state index contributed by atoms with van der Waals surface area (Å²) in [4.78, 5) is 14.8. The molecule has 1 aromatic carbocycles. The van der Waals surface area contributed by atoms with E-state index in [1.165, 1.54) is 17.4 Å². The Labute approximate surface area is 115 Å². The van der Waals surface area contributed by atoms with E-state index in [1.54, 1.807) is 18.2 Å². The number of benzene rings is 1. The summed E-state index contributed by atoms with van der Waals surface area (Å²) in [5, 5.41) is 9.19. The molecule has 0 aliphatic rings. The molecule has 0 atom stereocenters. The SMILES string of the molecule is O=C(O)CCc1nc(-c2ccccc2F)sc1Br. The Bertz CT molecular complexity index is 585. The number of hydrogen-bond acceptors (Lipinski definition) is 3. The Morgan fingerprint density at radius 2 is 2.17 bits per heavy atom. The molecule has 3 nitrogen and oxygen atoms in total. The van der Waals surface area contributed by atoms with Gasteiger partial charge < -0.3 is 5.11 Å². The van der Waals surface area contributed by atoms with E-state index in [9.17, 15) is 9.18 Å². The van der Waals surface area contributed by atoms with E-state index in [-0.39, 0.29) is 12.2 Å². The van der Waals surface area contributed by atoms with E-state index in [2.05, 4.69) is 20.9 Å². The molecule has 2 rings (SSSR count). The standard InChI is InChI=1S/C12H9BrFNO2S/c13-11-9(5-6-10(16)17)15-12(18-11)7-3-1-2-4-8(7)14/h1-4H,5-6H2,(H,16,17). The van der Waals surface area contributed by atoms with Gasteiger partial charge in [0.05, 0.1) is 15.9 Å². The van der Waals surface area contributed by atoms with Crippen LogP contribution < -0.4 is 0 Å². The van der Waals surface area contributed by atoms with Gasteiger partial charge in [-0.25, -0.2) is 9.37 Å². The normalized spacial score (nSPS) is 10.6. The molecule has 1 heterocycles. The van der Waals surface area contributed by atoms with Crippen molar-refractivity contribution in [2.24, 2.45) is 0 Å². The predicted molar refractivity (Wildman–Crippen MR) is 71.2 cm³/mol. The Hall–Kier alpha value is -1.27. The molecule has 0 amide bonds. The summed E-state index contributed by atoms with van der Waals surface area (Å²) < 4.78 is 14.3. The van der Waals surface area contributed by atoms with Crippen LogP contribution >= 0.6 is 27.3 Å². The van der Waals surface area contributed by atoms with Gasteiger partial charge in [-0.15, -0.1) is 11.3 Å². The Morgan fingerprint density at radius 3 is 2.83 bits per heavy atom. The Kier molecular flexibility index (Phi) is 4.08. The summed E-state index contributed by atoms with van der Waals surface area (Å²) in [5.74, 6) is -1.20. The van der Waals surface area contributed by atoms with Gasteiger partial charge in [0.25, 0.3) is 0 Å². The molecule has 0 aliphatic heterocycles. The van der Waals surface area contributed by atoms with Crippen LogP contribution in [-0.2, 0) is 11.2 Å². The third-order valence-electron chi connectivity index (χ3n) is 2.33. The largest absolute Gasteiger partial charge is 0.481 e. The second kappa shape index (κ2) is 5.58. The molecule has 0 saturated heterocycles. The maximum absolute atomic E-state index is 13.6. The average Bonchev–Trinajstić information content (AvgIpc) is 2.68. The number of aliphatic carboxylic acids is 1. The lowest BCUT2D eigenvalue weighted by Gasteiger charge is -1.97. The van der Waals surface area contributed by atoms with Crippen molar-refractivity contribution in [1.29, 1.82) is 0 Å². The zero-order valence-electron chi connectivity index (χ0n) is 9.19. The third-order valence-corrected chi connectivity index (χ3v) is 4.19. The summed E-state index contributed by atoms with van der Waals surface area (Å²) in [6.45, 7) is 0. The summed E-state index contributed by atoms with van der Waals surface area (Å²) in [6.07, 6.45) is 0.347. The van der Waals surface area contributed by atoms with Crippen LogP contribution in [0, 0.1) is 5.82 Å². The van der Waals surface area contributed by atoms with Crippen molar-refractivity contribution in [2.75, 3.05) is 0 Å². The van der Waals surface area contributed by atoms with E-state index >= 15 is 0 Å². The van der Waals surface area contributed by atoms with Crippen molar-refractivity contribution >= 4 is 33.2 Å². The number of aromatic nitrogens is 1. The number of nitrogens with zero attached hydrogens (tertiary/aromatic N) is 1. The minimum Gasteiger partial charge on any atom is -0.481 e. The zero-order valence-corrected chi connectivity index (χ0v) is 11.6. The van der Waals surface area contributed by atoms with Gasteiger partial charge in [-0.1, -0.05) is 12.1 Å². The van der Waals surface area contributed by atoms with E-state index in [0.29, 0.717) is 22.7 Å². The van der Waals surface area contributed by atoms with Crippen LogP contribution in [0.25, 0.3) is 10.6 Å². The first-order valence-corrected chi connectivity index (χ1v) is 6.81. The van der Waals surface area contributed by atoms with Gasteiger partial charge in [0, 0.05) is 12.0 Å². The summed E-state index contributed by atoms with van der Waals surface area (Å²) in [5.41, 5.74) is 1.09. The van der Waals surface area contributed by atoms with E-state index in [0.717, 1.165) is 3.79 Å².